The second-order valence-corrected chi connectivity index (χ2v) is 8.10. The quantitative estimate of drug-likeness (QED) is 0.353. The standard InChI is InChI=1S/C22H35N5O.HI/c1-16(2)19(27-12-10-26(5)11-13-27)14-24-22(23-4)25-15-21-17(3)18-8-6-7-9-20(18)28-21;/h6-9,16,19H,10-15H2,1-5H3,(H2,23,24,25);1H. The fourth-order valence-corrected chi connectivity index (χ4v) is 3.92. The Bertz CT molecular complexity index is 796. The van der Waals surface area contributed by atoms with E-state index < -0.39 is 0 Å². The van der Waals surface area contributed by atoms with Crippen molar-refractivity contribution in [2.24, 2.45) is 10.9 Å². The van der Waals surface area contributed by atoms with Crippen LogP contribution in [-0.2, 0) is 6.54 Å². The molecule has 162 valence electrons. The van der Waals surface area contributed by atoms with E-state index in [-0.39, 0.29) is 24.0 Å². The van der Waals surface area contributed by atoms with Crippen LogP contribution in [0.2, 0.25) is 0 Å². The Morgan fingerprint density at radius 3 is 2.45 bits per heavy atom. The van der Waals surface area contributed by atoms with Gasteiger partial charge < -0.3 is 20.0 Å². The number of nitrogens with one attached hydrogen (secondary N) is 2. The molecule has 2 heterocycles. The van der Waals surface area contributed by atoms with Crippen LogP contribution in [-0.4, -0.2) is 68.6 Å². The molecule has 0 spiro atoms. The van der Waals surface area contributed by atoms with Gasteiger partial charge in [0.25, 0.3) is 0 Å². The Balaban J connectivity index is 0.00000300. The van der Waals surface area contributed by atoms with Gasteiger partial charge in [-0.05, 0) is 26.0 Å². The van der Waals surface area contributed by atoms with Crippen molar-refractivity contribution in [3.05, 3.63) is 35.6 Å². The van der Waals surface area contributed by atoms with Crippen LogP contribution in [0.5, 0.6) is 0 Å². The molecule has 6 nitrogen and oxygen atoms in total. The van der Waals surface area contributed by atoms with Gasteiger partial charge in [-0.25, -0.2) is 0 Å². The second-order valence-electron chi connectivity index (χ2n) is 8.10. The molecule has 0 saturated carbocycles. The average Bonchev–Trinajstić information content (AvgIpc) is 3.01. The number of likely N-dealkylation sites (N-methyl/N-ethyl adjacent to an activating group) is 1. The number of hydrogen-bond acceptors (Lipinski definition) is 4. The molecule has 1 aliphatic rings. The summed E-state index contributed by atoms with van der Waals surface area (Å²) < 4.78 is 6.00. The van der Waals surface area contributed by atoms with E-state index in [9.17, 15) is 0 Å². The van der Waals surface area contributed by atoms with Gasteiger partial charge in [0, 0.05) is 56.8 Å². The molecule has 3 rings (SSSR count). The van der Waals surface area contributed by atoms with Crippen molar-refractivity contribution in [1.29, 1.82) is 0 Å². The van der Waals surface area contributed by atoms with E-state index in [0.717, 1.165) is 50.0 Å². The second kappa shape index (κ2) is 11.2. The number of benzene rings is 1. The lowest BCUT2D eigenvalue weighted by Crippen LogP contribution is -2.55. The molecule has 1 aliphatic heterocycles. The summed E-state index contributed by atoms with van der Waals surface area (Å²) in [7, 11) is 4.02. The summed E-state index contributed by atoms with van der Waals surface area (Å²) in [6.07, 6.45) is 0. The zero-order valence-electron chi connectivity index (χ0n) is 18.4. The molecular formula is C22H36IN5O. The summed E-state index contributed by atoms with van der Waals surface area (Å²) in [5, 5.41) is 8.11. The van der Waals surface area contributed by atoms with E-state index in [1.807, 2.05) is 25.2 Å². The zero-order chi connectivity index (χ0) is 20.1. The number of furan rings is 1. The van der Waals surface area contributed by atoms with E-state index in [1.165, 1.54) is 10.9 Å². The normalized spacial score (nSPS) is 17.4. The average molecular weight is 513 g/mol. The highest BCUT2D eigenvalue weighted by molar-refractivity contribution is 14.0. The molecule has 1 fully saturated rings. The van der Waals surface area contributed by atoms with Crippen molar-refractivity contribution in [3.63, 3.8) is 0 Å². The van der Waals surface area contributed by atoms with Crippen molar-refractivity contribution < 1.29 is 4.42 Å². The first-order valence-corrected chi connectivity index (χ1v) is 10.3. The third kappa shape index (κ3) is 6.08. The minimum atomic E-state index is 0. The Morgan fingerprint density at radius 2 is 1.83 bits per heavy atom. The lowest BCUT2D eigenvalue weighted by Gasteiger charge is -2.40. The van der Waals surface area contributed by atoms with Gasteiger partial charge in [0.05, 0.1) is 6.54 Å². The van der Waals surface area contributed by atoms with E-state index in [1.54, 1.807) is 0 Å². The highest BCUT2D eigenvalue weighted by Gasteiger charge is 2.25. The highest BCUT2D eigenvalue weighted by atomic mass is 127. The summed E-state index contributed by atoms with van der Waals surface area (Å²) in [6, 6.07) is 8.68. The summed E-state index contributed by atoms with van der Waals surface area (Å²) in [4.78, 5) is 9.41. The van der Waals surface area contributed by atoms with Crippen LogP contribution >= 0.6 is 24.0 Å². The molecule has 0 radical (unpaired) electrons. The minimum absolute atomic E-state index is 0. The van der Waals surface area contributed by atoms with E-state index in [2.05, 4.69) is 59.3 Å². The summed E-state index contributed by atoms with van der Waals surface area (Å²) in [5.41, 5.74) is 2.13. The molecule has 7 heteroatoms. The Labute approximate surface area is 192 Å². The number of aliphatic imine (C=N–C) groups is 1. The van der Waals surface area contributed by atoms with Gasteiger partial charge in [0.2, 0.25) is 0 Å². The SMILES string of the molecule is CN=C(NCc1oc2ccccc2c1C)NCC(C(C)C)N1CCN(C)CC1.I. The molecule has 1 unspecified atom stereocenters. The van der Waals surface area contributed by atoms with E-state index in [0.29, 0.717) is 18.5 Å². The maximum atomic E-state index is 6.00. The van der Waals surface area contributed by atoms with Crippen LogP contribution in [0.15, 0.2) is 33.7 Å². The largest absolute Gasteiger partial charge is 0.459 e. The van der Waals surface area contributed by atoms with Crippen LogP contribution in [0, 0.1) is 12.8 Å². The van der Waals surface area contributed by atoms with Crippen LogP contribution < -0.4 is 10.6 Å². The fraction of sp³-hybridized carbons (Fsp3) is 0.591. The molecule has 2 aromatic rings. The van der Waals surface area contributed by atoms with Crippen molar-refractivity contribution in [3.8, 4) is 0 Å². The molecule has 0 amide bonds. The predicted molar refractivity (Wildman–Crippen MR) is 132 cm³/mol. The van der Waals surface area contributed by atoms with Crippen LogP contribution in [0.25, 0.3) is 11.0 Å². The smallest absolute Gasteiger partial charge is 0.191 e. The molecule has 2 N–H and O–H groups in total. The third-order valence-electron chi connectivity index (χ3n) is 5.84. The van der Waals surface area contributed by atoms with Crippen LogP contribution in [0.4, 0.5) is 0 Å². The monoisotopic (exact) mass is 513 g/mol. The molecule has 1 atom stereocenters. The molecule has 0 bridgehead atoms. The van der Waals surface area contributed by atoms with E-state index >= 15 is 0 Å². The van der Waals surface area contributed by atoms with Crippen LogP contribution in [0.1, 0.15) is 25.2 Å². The van der Waals surface area contributed by atoms with Gasteiger partial charge in [-0.1, -0.05) is 32.0 Å². The Hall–Kier alpha value is -1.32. The maximum Gasteiger partial charge on any atom is 0.191 e. The van der Waals surface area contributed by atoms with Crippen molar-refractivity contribution in [2.75, 3.05) is 46.8 Å². The van der Waals surface area contributed by atoms with Gasteiger partial charge in [0.15, 0.2) is 5.96 Å². The topological polar surface area (TPSA) is 56.0 Å². The number of nitrogens with zero attached hydrogens (tertiary/aromatic N) is 3. The molecule has 1 aromatic carbocycles. The van der Waals surface area contributed by atoms with E-state index in [4.69, 9.17) is 4.42 Å². The number of halogens is 1. The van der Waals surface area contributed by atoms with Gasteiger partial charge in [-0.15, -0.1) is 24.0 Å². The van der Waals surface area contributed by atoms with Gasteiger partial charge >= 0.3 is 0 Å². The number of hydrogen-bond donors (Lipinski definition) is 2. The van der Waals surface area contributed by atoms with Gasteiger partial charge in [-0.2, -0.15) is 0 Å². The number of rotatable bonds is 6. The molecule has 1 aromatic heterocycles. The zero-order valence-corrected chi connectivity index (χ0v) is 20.7. The van der Waals surface area contributed by atoms with Crippen molar-refractivity contribution >= 4 is 40.9 Å². The third-order valence-corrected chi connectivity index (χ3v) is 5.84. The Morgan fingerprint density at radius 1 is 1.14 bits per heavy atom. The molecule has 29 heavy (non-hydrogen) atoms. The highest BCUT2D eigenvalue weighted by Crippen LogP contribution is 2.24. The lowest BCUT2D eigenvalue weighted by atomic mass is 10.0. The number of aryl methyl sites for hydroxylation is 1. The number of piperazine rings is 1. The predicted octanol–water partition coefficient (Wildman–Crippen LogP) is 3.30. The number of para-hydroxylation sites is 1. The Kier molecular flexibility index (Phi) is 9.23. The van der Waals surface area contributed by atoms with Gasteiger partial charge in [-0.3, -0.25) is 9.89 Å². The van der Waals surface area contributed by atoms with Crippen molar-refractivity contribution in [1.82, 2.24) is 20.4 Å². The summed E-state index contributed by atoms with van der Waals surface area (Å²) in [5.74, 6) is 2.37. The maximum absolute atomic E-state index is 6.00. The molecular weight excluding hydrogens is 477 g/mol. The number of guanidine groups is 1. The summed E-state index contributed by atoms with van der Waals surface area (Å²) >= 11 is 0. The van der Waals surface area contributed by atoms with Gasteiger partial charge in [0.1, 0.15) is 11.3 Å². The van der Waals surface area contributed by atoms with Crippen molar-refractivity contribution in [2.45, 2.75) is 33.4 Å². The first-order chi connectivity index (χ1) is 13.5. The molecule has 1 saturated heterocycles. The lowest BCUT2D eigenvalue weighted by molar-refractivity contribution is 0.0900. The fourth-order valence-electron chi connectivity index (χ4n) is 3.92. The number of fused-ring (bicyclic) bond motifs is 1. The minimum Gasteiger partial charge on any atom is -0.459 e. The summed E-state index contributed by atoms with van der Waals surface area (Å²) in [6.45, 7) is 12.8. The molecule has 0 aliphatic carbocycles. The first-order valence-electron chi connectivity index (χ1n) is 10.3. The van der Waals surface area contributed by atoms with Crippen LogP contribution in [0.3, 0.4) is 0 Å². The first kappa shape index (κ1) is 24.0.